The Balaban J connectivity index is 3.18. The van der Waals surface area contributed by atoms with E-state index in [1.54, 1.807) is 6.92 Å². The normalized spacial score (nSPS) is 12.2. The number of alkyl halides is 1. The SMILES string of the molecule is CC(C)OC(=O)CCCCCCCCCCCCCCC(=O)OC(C)Cl. The highest BCUT2D eigenvalue weighted by atomic mass is 35.5. The third-order valence-corrected chi connectivity index (χ3v) is 4.26. The van der Waals surface area contributed by atoms with E-state index >= 15 is 0 Å². The standard InChI is InChI=1S/C21H39ClO4/c1-18(2)25-20(23)16-14-12-10-8-6-4-5-7-9-11-13-15-17-21(24)26-19(3)22/h18-19H,4-17H2,1-3H3. The lowest BCUT2D eigenvalue weighted by atomic mass is 10.0. The van der Waals surface area contributed by atoms with Crippen LogP contribution < -0.4 is 0 Å². The Morgan fingerprint density at radius 3 is 1.23 bits per heavy atom. The van der Waals surface area contributed by atoms with Crippen LogP contribution in [0.15, 0.2) is 0 Å². The van der Waals surface area contributed by atoms with Gasteiger partial charge in [-0.3, -0.25) is 9.59 Å². The highest BCUT2D eigenvalue weighted by Gasteiger charge is 2.06. The van der Waals surface area contributed by atoms with E-state index in [-0.39, 0.29) is 18.0 Å². The monoisotopic (exact) mass is 390 g/mol. The highest BCUT2D eigenvalue weighted by Crippen LogP contribution is 2.13. The molecule has 0 spiro atoms. The summed E-state index contributed by atoms with van der Waals surface area (Å²) in [7, 11) is 0. The number of carbonyl (C=O) groups is 2. The number of unbranched alkanes of at least 4 members (excludes halogenated alkanes) is 11. The minimum Gasteiger partial charge on any atom is -0.463 e. The second-order valence-electron chi connectivity index (χ2n) is 7.31. The molecule has 0 rings (SSSR count). The summed E-state index contributed by atoms with van der Waals surface area (Å²) in [6.45, 7) is 5.43. The molecule has 5 heteroatoms. The molecular weight excluding hydrogens is 352 g/mol. The van der Waals surface area contributed by atoms with Crippen LogP contribution in [0.4, 0.5) is 0 Å². The van der Waals surface area contributed by atoms with Crippen molar-refractivity contribution in [3.05, 3.63) is 0 Å². The Morgan fingerprint density at radius 1 is 0.615 bits per heavy atom. The van der Waals surface area contributed by atoms with Crippen molar-refractivity contribution in [3.63, 3.8) is 0 Å². The topological polar surface area (TPSA) is 52.6 Å². The zero-order valence-corrected chi connectivity index (χ0v) is 17.8. The summed E-state index contributed by atoms with van der Waals surface area (Å²) in [5.41, 5.74) is -0.524. The number of carbonyl (C=O) groups excluding carboxylic acids is 2. The van der Waals surface area contributed by atoms with Crippen molar-refractivity contribution >= 4 is 23.5 Å². The molecular formula is C21H39ClO4. The van der Waals surface area contributed by atoms with Crippen LogP contribution in [-0.2, 0) is 19.1 Å². The molecule has 0 saturated carbocycles. The number of halogens is 1. The third kappa shape index (κ3) is 19.6. The van der Waals surface area contributed by atoms with E-state index in [2.05, 4.69) is 0 Å². The van der Waals surface area contributed by atoms with Crippen molar-refractivity contribution in [1.29, 1.82) is 0 Å². The molecule has 4 nitrogen and oxygen atoms in total. The van der Waals surface area contributed by atoms with Crippen LogP contribution in [-0.4, -0.2) is 23.6 Å². The maximum Gasteiger partial charge on any atom is 0.307 e. The summed E-state index contributed by atoms with van der Waals surface area (Å²) in [6, 6.07) is 0. The van der Waals surface area contributed by atoms with E-state index in [0.29, 0.717) is 12.8 Å². The molecule has 0 fully saturated rings. The average Bonchev–Trinajstić information content (AvgIpc) is 2.53. The van der Waals surface area contributed by atoms with Crippen molar-refractivity contribution in [2.24, 2.45) is 0 Å². The van der Waals surface area contributed by atoms with E-state index in [1.807, 2.05) is 13.8 Å². The molecule has 0 amide bonds. The number of hydrogen-bond acceptors (Lipinski definition) is 4. The van der Waals surface area contributed by atoms with E-state index in [1.165, 1.54) is 51.4 Å². The van der Waals surface area contributed by atoms with Crippen LogP contribution in [0, 0.1) is 0 Å². The summed E-state index contributed by atoms with van der Waals surface area (Å²) < 4.78 is 10.0. The second kappa shape index (κ2) is 17.6. The van der Waals surface area contributed by atoms with Crippen LogP contribution in [0.2, 0.25) is 0 Å². The van der Waals surface area contributed by atoms with Crippen LogP contribution in [0.25, 0.3) is 0 Å². The summed E-state index contributed by atoms with van der Waals surface area (Å²) >= 11 is 5.60. The van der Waals surface area contributed by atoms with Crippen molar-refractivity contribution in [3.8, 4) is 0 Å². The van der Waals surface area contributed by atoms with Gasteiger partial charge in [-0.05, 0) is 33.6 Å². The van der Waals surface area contributed by atoms with Gasteiger partial charge in [0.2, 0.25) is 0 Å². The molecule has 1 atom stereocenters. The first kappa shape index (κ1) is 25.2. The molecule has 0 bridgehead atoms. The van der Waals surface area contributed by atoms with Gasteiger partial charge in [-0.15, -0.1) is 0 Å². The zero-order valence-electron chi connectivity index (χ0n) is 17.1. The maximum atomic E-state index is 11.4. The van der Waals surface area contributed by atoms with E-state index in [0.717, 1.165) is 25.7 Å². The van der Waals surface area contributed by atoms with Crippen molar-refractivity contribution < 1.29 is 19.1 Å². The Bertz CT molecular complexity index is 322. The third-order valence-electron chi connectivity index (χ3n) is 4.17. The smallest absolute Gasteiger partial charge is 0.307 e. The Labute approximate surface area is 165 Å². The van der Waals surface area contributed by atoms with Gasteiger partial charge in [-0.25, -0.2) is 0 Å². The van der Waals surface area contributed by atoms with Crippen molar-refractivity contribution in [2.45, 2.75) is 122 Å². The minimum absolute atomic E-state index is 0.00119. The van der Waals surface area contributed by atoms with Gasteiger partial charge in [0.25, 0.3) is 0 Å². The first-order chi connectivity index (χ1) is 12.4. The van der Waals surface area contributed by atoms with Crippen LogP contribution in [0.3, 0.4) is 0 Å². The molecule has 0 aromatic rings. The lowest BCUT2D eigenvalue weighted by molar-refractivity contribution is -0.147. The fraction of sp³-hybridized carbons (Fsp3) is 0.905. The van der Waals surface area contributed by atoms with Crippen LogP contribution in [0.1, 0.15) is 111 Å². The molecule has 0 aliphatic rings. The van der Waals surface area contributed by atoms with Crippen molar-refractivity contribution in [2.75, 3.05) is 0 Å². The molecule has 0 aliphatic carbocycles. The van der Waals surface area contributed by atoms with Gasteiger partial charge in [-0.1, -0.05) is 75.8 Å². The highest BCUT2D eigenvalue weighted by molar-refractivity contribution is 6.19. The Hall–Kier alpha value is -0.770. The Morgan fingerprint density at radius 2 is 0.923 bits per heavy atom. The summed E-state index contributed by atoms with van der Waals surface area (Å²) in [5, 5.41) is 0. The number of rotatable bonds is 17. The van der Waals surface area contributed by atoms with Gasteiger partial charge in [0.05, 0.1) is 6.10 Å². The lowest BCUT2D eigenvalue weighted by Gasteiger charge is -2.07. The molecule has 0 aromatic heterocycles. The number of ether oxygens (including phenoxy) is 2. The molecule has 0 aliphatic heterocycles. The quantitative estimate of drug-likeness (QED) is 0.161. The first-order valence-corrected chi connectivity index (χ1v) is 10.9. The maximum absolute atomic E-state index is 11.4. The van der Waals surface area contributed by atoms with Crippen LogP contribution >= 0.6 is 11.6 Å². The second-order valence-corrected chi connectivity index (χ2v) is 7.93. The summed E-state index contributed by atoms with van der Waals surface area (Å²) in [4.78, 5) is 22.7. The molecule has 154 valence electrons. The van der Waals surface area contributed by atoms with E-state index < -0.39 is 5.56 Å². The molecule has 0 N–H and O–H groups in total. The zero-order chi connectivity index (χ0) is 19.6. The van der Waals surface area contributed by atoms with E-state index in [4.69, 9.17) is 21.1 Å². The van der Waals surface area contributed by atoms with Gasteiger partial charge < -0.3 is 9.47 Å². The fourth-order valence-corrected chi connectivity index (χ4v) is 2.97. The summed E-state index contributed by atoms with van der Waals surface area (Å²) in [6.07, 6.45) is 15.2. The minimum atomic E-state index is -0.524. The molecule has 26 heavy (non-hydrogen) atoms. The van der Waals surface area contributed by atoms with Gasteiger partial charge in [0.15, 0.2) is 5.56 Å². The predicted octanol–water partition coefficient (Wildman–Crippen LogP) is 6.53. The fourth-order valence-electron chi connectivity index (χ4n) is 2.87. The lowest BCUT2D eigenvalue weighted by Crippen LogP contribution is -2.10. The molecule has 0 heterocycles. The van der Waals surface area contributed by atoms with Crippen LogP contribution in [0.5, 0.6) is 0 Å². The average molecular weight is 391 g/mol. The van der Waals surface area contributed by atoms with Crippen molar-refractivity contribution in [1.82, 2.24) is 0 Å². The van der Waals surface area contributed by atoms with Gasteiger partial charge >= 0.3 is 11.9 Å². The number of hydrogen-bond donors (Lipinski definition) is 0. The molecule has 0 radical (unpaired) electrons. The Kier molecular flexibility index (Phi) is 17.1. The van der Waals surface area contributed by atoms with E-state index in [9.17, 15) is 9.59 Å². The molecule has 0 saturated heterocycles. The predicted molar refractivity (Wildman–Crippen MR) is 107 cm³/mol. The summed E-state index contributed by atoms with van der Waals surface area (Å²) in [5.74, 6) is -0.255. The largest absolute Gasteiger partial charge is 0.463 e. The molecule has 1 unspecified atom stereocenters. The van der Waals surface area contributed by atoms with Gasteiger partial charge in [0, 0.05) is 12.8 Å². The number of esters is 2. The molecule has 0 aromatic carbocycles. The van der Waals surface area contributed by atoms with Gasteiger partial charge in [0.1, 0.15) is 0 Å². The first-order valence-electron chi connectivity index (χ1n) is 10.4. The van der Waals surface area contributed by atoms with Gasteiger partial charge in [-0.2, -0.15) is 0 Å².